The van der Waals surface area contributed by atoms with Crippen molar-refractivity contribution in [3.05, 3.63) is 0 Å². The van der Waals surface area contributed by atoms with Crippen LogP contribution in [-0.2, 0) is 4.74 Å². The van der Waals surface area contributed by atoms with Crippen molar-refractivity contribution in [1.82, 2.24) is 0 Å². The first-order valence-corrected chi connectivity index (χ1v) is 21.3. The summed E-state index contributed by atoms with van der Waals surface area (Å²) in [5, 5.41) is 0. The summed E-state index contributed by atoms with van der Waals surface area (Å²) in [4.78, 5) is 0. The fourth-order valence-electron chi connectivity index (χ4n) is 7.01. The Kier molecular flexibility index (Phi) is 39.9. The quantitative estimate of drug-likeness (QED) is 0.0658. The summed E-state index contributed by atoms with van der Waals surface area (Å²) in [6, 6.07) is 0. The van der Waals surface area contributed by atoms with Crippen molar-refractivity contribution in [3.8, 4) is 0 Å². The van der Waals surface area contributed by atoms with Crippen molar-refractivity contribution in [2.45, 2.75) is 257 Å². The molecule has 0 radical (unpaired) electrons. The first kappa shape index (κ1) is 44.9. The lowest BCUT2D eigenvalue weighted by Gasteiger charge is -2.25. The van der Waals surface area contributed by atoms with Crippen LogP contribution in [0.15, 0.2) is 0 Å². The van der Waals surface area contributed by atoms with E-state index in [0.29, 0.717) is 12.2 Å². The van der Waals surface area contributed by atoms with Crippen LogP contribution in [0.5, 0.6) is 0 Å². The topological polar surface area (TPSA) is 61.3 Å². The van der Waals surface area contributed by atoms with E-state index in [1.807, 2.05) is 0 Å². The molecule has 272 valence electrons. The van der Waals surface area contributed by atoms with Crippen molar-refractivity contribution in [2.75, 3.05) is 13.1 Å². The Hall–Kier alpha value is -0.120. The van der Waals surface area contributed by atoms with E-state index in [0.717, 1.165) is 38.8 Å². The van der Waals surface area contributed by atoms with Crippen molar-refractivity contribution < 1.29 is 4.74 Å². The normalized spacial score (nSPS) is 13.1. The standard InChI is InChI=1S/C42H88N2O/c1-3-5-7-9-11-13-15-17-19-21-23-25-27-29-31-35-41(37-33-39-43)45-42(38-34-40-44)36-32-30-28-26-24-22-20-18-16-14-12-10-8-6-4-2/h41-42H,3-40,43-44H2,1-2H3. The number of nitrogens with two attached hydrogens (primary N) is 2. The molecular weight excluding hydrogens is 548 g/mol. The number of hydrogen-bond acceptors (Lipinski definition) is 3. The van der Waals surface area contributed by atoms with Gasteiger partial charge in [-0.1, -0.05) is 206 Å². The highest BCUT2D eigenvalue weighted by molar-refractivity contribution is 4.67. The molecule has 0 rings (SSSR count). The Labute approximate surface area is 285 Å². The van der Waals surface area contributed by atoms with Gasteiger partial charge in [0.25, 0.3) is 0 Å². The molecule has 0 aromatic rings. The minimum Gasteiger partial charge on any atom is -0.375 e. The van der Waals surface area contributed by atoms with Gasteiger partial charge in [0, 0.05) is 0 Å². The lowest BCUT2D eigenvalue weighted by Crippen LogP contribution is -2.24. The highest BCUT2D eigenvalue weighted by Gasteiger charge is 2.16. The van der Waals surface area contributed by atoms with Gasteiger partial charge in [0.05, 0.1) is 12.2 Å². The second-order valence-corrected chi connectivity index (χ2v) is 14.7. The third kappa shape index (κ3) is 36.6. The maximum atomic E-state index is 6.78. The third-order valence-corrected chi connectivity index (χ3v) is 10.1. The van der Waals surface area contributed by atoms with Crippen LogP contribution >= 0.6 is 0 Å². The zero-order valence-corrected chi connectivity index (χ0v) is 31.6. The molecule has 0 saturated heterocycles. The van der Waals surface area contributed by atoms with Crippen LogP contribution < -0.4 is 11.5 Å². The molecule has 3 heteroatoms. The lowest BCUT2D eigenvalue weighted by atomic mass is 10.0. The molecule has 0 heterocycles. The lowest BCUT2D eigenvalue weighted by molar-refractivity contribution is -0.0314. The van der Waals surface area contributed by atoms with E-state index in [-0.39, 0.29) is 0 Å². The first-order chi connectivity index (χ1) is 22.3. The zero-order chi connectivity index (χ0) is 32.7. The molecular formula is C42H88N2O. The minimum absolute atomic E-state index is 0.398. The largest absolute Gasteiger partial charge is 0.375 e. The van der Waals surface area contributed by atoms with Crippen LogP contribution in [0.25, 0.3) is 0 Å². The van der Waals surface area contributed by atoms with E-state index in [1.54, 1.807) is 0 Å². The molecule has 0 spiro atoms. The Morgan fingerprint density at radius 2 is 0.489 bits per heavy atom. The summed E-state index contributed by atoms with van der Waals surface area (Å²) in [6.45, 7) is 6.17. The van der Waals surface area contributed by atoms with Crippen LogP contribution in [0.2, 0.25) is 0 Å². The van der Waals surface area contributed by atoms with Gasteiger partial charge in [-0.15, -0.1) is 0 Å². The van der Waals surface area contributed by atoms with Gasteiger partial charge in [-0.3, -0.25) is 0 Å². The summed E-state index contributed by atoms with van der Waals surface area (Å²) >= 11 is 0. The maximum Gasteiger partial charge on any atom is 0.0579 e. The molecule has 0 amide bonds. The minimum atomic E-state index is 0.398. The number of rotatable bonds is 40. The van der Waals surface area contributed by atoms with Gasteiger partial charge in [-0.2, -0.15) is 0 Å². The Bertz CT molecular complexity index is 469. The van der Waals surface area contributed by atoms with Crippen LogP contribution in [0.1, 0.15) is 245 Å². The summed E-state index contributed by atoms with van der Waals surface area (Å²) in [6.07, 6.45) is 50.4. The van der Waals surface area contributed by atoms with E-state index in [1.165, 1.54) is 205 Å². The molecule has 0 fully saturated rings. The first-order valence-electron chi connectivity index (χ1n) is 21.3. The smallest absolute Gasteiger partial charge is 0.0579 e. The second-order valence-electron chi connectivity index (χ2n) is 14.7. The van der Waals surface area contributed by atoms with Gasteiger partial charge in [-0.05, 0) is 51.6 Å². The van der Waals surface area contributed by atoms with E-state index < -0.39 is 0 Å². The van der Waals surface area contributed by atoms with Gasteiger partial charge in [0.15, 0.2) is 0 Å². The Morgan fingerprint density at radius 1 is 0.289 bits per heavy atom. The molecule has 0 saturated carbocycles. The SMILES string of the molecule is CCCCCCCCCCCCCCCCCC(CCCN)OC(CCCN)CCCCCCCCCCCCCCCCC. The predicted molar refractivity (Wildman–Crippen MR) is 204 cm³/mol. The van der Waals surface area contributed by atoms with E-state index >= 15 is 0 Å². The summed E-state index contributed by atoms with van der Waals surface area (Å²) in [5.74, 6) is 0. The van der Waals surface area contributed by atoms with Crippen LogP contribution in [0, 0.1) is 0 Å². The maximum absolute atomic E-state index is 6.78. The molecule has 0 aliphatic carbocycles. The molecule has 4 N–H and O–H groups in total. The second kappa shape index (κ2) is 40.1. The predicted octanol–water partition coefficient (Wildman–Crippen LogP) is 13.7. The van der Waals surface area contributed by atoms with Crippen molar-refractivity contribution >= 4 is 0 Å². The van der Waals surface area contributed by atoms with Gasteiger partial charge < -0.3 is 16.2 Å². The molecule has 0 aliphatic heterocycles. The third-order valence-electron chi connectivity index (χ3n) is 10.1. The molecule has 2 unspecified atom stereocenters. The van der Waals surface area contributed by atoms with E-state index in [4.69, 9.17) is 16.2 Å². The Balaban J connectivity index is 3.90. The molecule has 2 atom stereocenters. The molecule has 0 aromatic heterocycles. The molecule has 45 heavy (non-hydrogen) atoms. The van der Waals surface area contributed by atoms with Gasteiger partial charge >= 0.3 is 0 Å². The number of unbranched alkanes of at least 4 members (excludes halogenated alkanes) is 28. The summed E-state index contributed by atoms with van der Waals surface area (Å²) in [5.41, 5.74) is 11.8. The Morgan fingerprint density at radius 3 is 0.711 bits per heavy atom. The van der Waals surface area contributed by atoms with Gasteiger partial charge in [0.2, 0.25) is 0 Å². The summed E-state index contributed by atoms with van der Waals surface area (Å²) < 4.78 is 6.78. The molecule has 0 aromatic carbocycles. The van der Waals surface area contributed by atoms with Crippen molar-refractivity contribution in [1.29, 1.82) is 0 Å². The highest BCUT2D eigenvalue weighted by atomic mass is 16.5. The number of hydrogen-bond donors (Lipinski definition) is 2. The van der Waals surface area contributed by atoms with Crippen molar-refractivity contribution in [2.24, 2.45) is 11.5 Å². The van der Waals surface area contributed by atoms with Crippen LogP contribution in [-0.4, -0.2) is 25.3 Å². The van der Waals surface area contributed by atoms with Crippen LogP contribution in [0.4, 0.5) is 0 Å². The number of ether oxygens (including phenoxy) is 1. The van der Waals surface area contributed by atoms with E-state index in [9.17, 15) is 0 Å². The molecule has 3 nitrogen and oxygen atoms in total. The average molecular weight is 637 g/mol. The average Bonchev–Trinajstić information content (AvgIpc) is 3.05. The zero-order valence-electron chi connectivity index (χ0n) is 31.6. The summed E-state index contributed by atoms with van der Waals surface area (Å²) in [7, 11) is 0. The van der Waals surface area contributed by atoms with Crippen molar-refractivity contribution in [3.63, 3.8) is 0 Å². The monoisotopic (exact) mass is 637 g/mol. The van der Waals surface area contributed by atoms with Gasteiger partial charge in [-0.25, -0.2) is 0 Å². The van der Waals surface area contributed by atoms with E-state index in [2.05, 4.69) is 13.8 Å². The highest BCUT2D eigenvalue weighted by Crippen LogP contribution is 2.22. The van der Waals surface area contributed by atoms with Gasteiger partial charge in [0.1, 0.15) is 0 Å². The van der Waals surface area contributed by atoms with Crippen LogP contribution in [0.3, 0.4) is 0 Å². The molecule has 0 bridgehead atoms. The molecule has 0 aliphatic rings. The fourth-order valence-corrected chi connectivity index (χ4v) is 7.01. The fraction of sp³-hybridized carbons (Fsp3) is 1.00.